The van der Waals surface area contributed by atoms with Crippen LogP contribution in [0, 0.1) is 0 Å². The zero-order valence-corrected chi connectivity index (χ0v) is 13.1. The summed E-state index contributed by atoms with van der Waals surface area (Å²) in [5, 5.41) is 4.78. The van der Waals surface area contributed by atoms with E-state index >= 15 is 0 Å². The fourth-order valence-electron chi connectivity index (χ4n) is 1.97. The quantitative estimate of drug-likeness (QED) is 0.756. The van der Waals surface area contributed by atoms with Gasteiger partial charge in [-0.1, -0.05) is 22.9 Å². The SMILES string of the molecule is COc1cc2nc(Nc3ccc(Cl)cc3)sc2cc1OC. The maximum absolute atomic E-state index is 5.88. The number of methoxy groups -OCH3 is 2. The van der Waals surface area contributed by atoms with Gasteiger partial charge < -0.3 is 14.8 Å². The van der Waals surface area contributed by atoms with Gasteiger partial charge in [-0.2, -0.15) is 0 Å². The molecule has 0 aliphatic rings. The first-order chi connectivity index (χ1) is 10.2. The van der Waals surface area contributed by atoms with E-state index in [0.717, 1.165) is 21.0 Å². The van der Waals surface area contributed by atoms with Crippen molar-refractivity contribution in [1.82, 2.24) is 4.98 Å². The first-order valence-corrected chi connectivity index (χ1v) is 7.44. The lowest BCUT2D eigenvalue weighted by Gasteiger charge is -2.05. The molecule has 0 fully saturated rings. The minimum Gasteiger partial charge on any atom is -0.493 e. The number of benzene rings is 2. The Labute approximate surface area is 131 Å². The van der Waals surface area contributed by atoms with Gasteiger partial charge >= 0.3 is 0 Å². The standard InChI is InChI=1S/C15H13ClN2O2S/c1-19-12-7-11-14(8-13(12)20-2)21-15(18-11)17-10-5-3-9(16)4-6-10/h3-8H,1-2H3,(H,17,18). The number of fused-ring (bicyclic) bond motifs is 1. The molecule has 108 valence electrons. The molecule has 0 saturated heterocycles. The zero-order valence-electron chi connectivity index (χ0n) is 11.5. The second kappa shape index (κ2) is 5.79. The average Bonchev–Trinajstić information content (AvgIpc) is 2.89. The van der Waals surface area contributed by atoms with Gasteiger partial charge in [-0.15, -0.1) is 0 Å². The Morgan fingerprint density at radius 3 is 2.38 bits per heavy atom. The summed E-state index contributed by atoms with van der Waals surface area (Å²) in [5.41, 5.74) is 1.81. The van der Waals surface area contributed by atoms with E-state index in [0.29, 0.717) is 16.5 Å². The number of nitrogens with one attached hydrogen (secondary N) is 1. The largest absolute Gasteiger partial charge is 0.493 e. The molecule has 4 nitrogen and oxygen atoms in total. The van der Waals surface area contributed by atoms with Crippen LogP contribution in [0.25, 0.3) is 10.2 Å². The normalized spacial score (nSPS) is 10.6. The number of thiazole rings is 1. The first-order valence-electron chi connectivity index (χ1n) is 6.25. The van der Waals surface area contributed by atoms with Crippen LogP contribution in [0.3, 0.4) is 0 Å². The van der Waals surface area contributed by atoms with Gasteiger partial charge in [0.25, 0.3) is 0 Å². The van der Waals surface area contributed by atoms with Crippen molar-refractivity contribution in [3.63, 3.8) is 0 Å². The molecule has 0 atom stereocenters. The van der Waals surface area contributed by atoms with E-state index in [1.807, 2.05) is 36.4 Å². The topological polar surface area (TPSA) is 43.4 Å². The number of aromatic nitrogens is 1. The summed E-state index contributed by atoms with van der Waals surface area (Å²) in [7, 11) is 3.24. The summed E-state index contributed by atoms with van der Waals surface area (Å²) in [6, 6.07) is 11.3. The van der Waals surface area contributed by atoms with Crippen LogP contribution in [-0.4, -0.2) is 19.2 Å². The zero-order chi connectivity index (χ0) is 14.8. The number of nitrogens with zero attached hydrogens (tertiary/aromatic N) is 1. The molecule has 0 bridgehead atoms. The fourth-order valence-corrected chi connectivity index (χ4v) is 2.99. The predicted molar refractivity (Wildman–Crippen MR) is 87.5 cm³/mol. The monoisotopic (exact) mass is 320 g/mol. The van der Waals surface area contributed by atoms with E-state index in [9.17, 15) is 0 Å². The fraction of sp³-hybridized carbons (Fsp3) is 0.133. The molecule has 0 radical (unpaired) electrons. The van der Waals surface area contributed by atoms with E-state index in [4.69, 9.17) is 21.1 Å². The van der Waals surface area contributed by atoms with Crippen molar-refractivity contribution in [1.29, 1.82) is 0 Å². The highest BCUT2D eigenvalue weighted by atomic mass is 35.5. The Balaban J connectivity index is 1.95. The van der Waals surface area contributed by atoms with Crippen molar-refractivity contribution in [3.05, 3.63) is 41.4 Å². The minimum atomic E-state index is 0.674. The van der Waals surface area contributed by atoms with Gasteiger partial charge in [0, 0.05) is 22.8 Å². The molecule has 0 aliphatic heterocycles. The Morgan fingerprint density at radius 2 is 1.71 bits per heavy atom. The number of anilines is 2. The highest BCUT2D eigenvalue weighted by Gasteiger charge is 2.10. The summed E-state index contributed by atoms with van der Waals surface area (Å²) in [5.74, 6) is 1.38. The molecule has 6 heteroatoms. The van der Waals surface area contributed by atoms with E-state index in [1.165, 1.54) is 0 Å². The van der Waals surface area contributed by atoms with E-state index in [1.54, 1.807) is 25.6 Å². The summed E-state index contributed by atoms with van der Waals surface area (Å²) in [4.78, 5) is 4.55. The molecule has 3 rings (SSSR count). The number of ether oxygens (including phenoxy) is 2. The lowest BCUT2D eigenvalue weighted by molar-refractivity contribution is 0.356. The van der Waals surface area contributed by atoms with Gasteiger partial charge in [0.1, 0.15) is 0 Å². The van der Waals surface area contributed by atoms with Crippen LogP contribution in [0.1, 0.15) is 0 Å². The molecule has 2 aromatic carbocycles. The lowest BCUT2D eigenvalue weighted by atomic mass is 10.3. The second-order valence-corrected chi connectivity index (χ2v) is 5.79. The van der Waals surface area contributed by atoms with Crippen molar-refractivity contribution >= 4 is 44.0 Å². The molecule has 0 saturated carbocycles. The summed E-state index contributed by atoms with van der Waals surface area (Å²) < 4.78 is 11.6. The van der Waals surface area contributed by atoms with Crippen molar-refractivity contribution in [2.24, 2.45) is 0 Å². The first kappa shape index (κ1) is 14.0. The third-order valence-corrected chi connectivity index (χ3v) is 4.17. The molecule has 0 aliphatic carbocycles. The van der Waals surface area contributed by atoms with Crippen LogP contribution in [-0.2, 0) is 0 Å². The van der Waals surface area contributed by atoms with E-state index in [-0.39, 0.29) is 0 Å². The van der Waals surface area contributed by atoms with E-state index in [2.05, 4.69) is 10.3 Å². The van der Waals surface area contributed by atoms with Crippen LogP contribution in [0.2, 0.25) is 5.02 Å². The third kappa shape index (κ3) is 2.89. The maximum atomic E-state index is 5.88. The average molecular weight is 321 g/mol. The number of hydrogen-bond donors (Lipinski definition) is 1. The van der Waals surface area contributed by atoms with Gasteiger partial charge in [0.05, 0.1) is 24.4 Å². The number of hydrogen-bond acceptors (Lipinski definition) is 5. The Morgan fingerprint density at radius 1 is 1.05 bits per heavy atom. The second-order valence-electron chi connectivity index (χ2n) is 4.33. The van der Waals surface area contributed by atoms with Gasteiger partial charge in [-0.25, -0.2) is 4.98 Å². The lowest BCUT2D eigenvalue weighted by Crippen LogP contribution is -1.90. The molecule has 3 aromatic rings. The van der Waals surface area contributed by atoms with Crippen LogP contribution in [0.4, 0.5) is 10.8 Å². The predicted octanol–water partition coefficient (Wildman–Crippen LogP) is 4.71. The van der Waals surface area contributed by atoms with Gasteiger partial charge in [-0.05, 0) is 24.3 Å². The Bertz CT molecular complexity index is 730. The van der Waals surface area contributed by atoms with Crippen LogP contribution < -0.4 is 14.8 Å². The van der Waals surface area contributed by atoms with Gasteiger partial charge in [-0.3, -0.25) is 0 Å². The molecule has 1 aromatic heterocycles. The molecular weight excluding hydrogens is 308 g/mol. The minimum absolute atomic E-state index is 0.674. The van der Waals surface area contributed by atoms with Crippen LogP contribution in [0.15, 0.2) is 36.4 Å². The van der Waals surface area contributed by atoms with E-state index < -0.39 is 0 Å². The summed E-state index contributed by atoms with van der Waals surface area (Å²) in [6.45, 7) is 0. The van der Waals surface area contributed by atoms with Gasteiger partial charge in [0.15, 0.2) is 16.6 Å². The molecule has 0 amide bonds. The Kier molecular flexibility index (Phi) is 3.86. The Hall–Kier alpha value is -1.98. The summed E-state index contributed by atoms with van der Waals surface area (Å²) >= 11 is 7.43. The molecular formula is C15H13ClN2O2S. The number of rotatable bonds is 4. The van der Waals surface area contributed by atoms with Crippen LogP contribution in [0.5, 0.6) is 11.5 Å². The molecule has 1 heterocycles. The molecule has 1 N–H and O–H groups in total. The highest BCUT2D eigenvalue weighted by Crippen LogP contribution is 2.36. The smallest absolute Gasteiger partial charge is 0.188 e. The molecule has 0 unspecified atom stereocenters. The van der Waals surface area contributed by atoms with Crippen molar-refractivity contribution < 1.29 is 9.47 Å². The molecule has 21 heavy (non-hydrogen) atoms. The van der Waals surface area contributed by atoms with Gasteiger partial charge in [0.2, 0.25) is 0 Å². The summed E-state index contributed by atoms with van der Waals surface area (Å²) in [6.07, 6.45) is 0. The van der Waals surface area contributed by atoms with Crippen molar-refractivity contribution in [2.45, 2.75) is 0 Å². The van der Waals surface area contributed by atoms with Crippen molar-refractivity contribution in [2.75, 3.05) is 19.5 Å². The highest BCUT2D eigenvalue weighted by molar-refractivity contribution is 7.22. The van der Waals surface area contributed by atoms with Crippen LogP contribution >= 0.6 is 22.9 Å². The molecule has 0 spiro atoms. The third-order valence-electron chi connectivity index (χ3n) is 2.99. The maximum Gasteiger partial charge on any atom is 0.188 e. The van der Waals surface area contributed by atoms with Crippen molar-refractivity contribution in [3.8, 4) is 11.5 Å². The number of halogens is 1.